The number of hydrogen-bond acceptors (Lipinski definition) is 3. The maximum atomic E-state index is 5.84. The molecule has 1 heterocycles. The molecule has 1 N–H and O–H groups in total. The van der Waals surface area contributed by atoms with E-state index >= 15 is 0 Å². The molecular formula is C16H17ClN2O. The Morgan fingerprint density at radius 1 is 1.10 bits per heavy atom. The molecule has 0 aliphatic heterocycles. The van der Waals surface area contributed by atoms with Crippen molar-refractivity contribution in [2.75, 3.05) is 0 Å². The molecule has 0 amide bonds. The topological polar surface area (TPSA) is 34.1 Å². The van der Waals surface area contributed by atoms with Crippen molar-refractivity contribution in [2.45, 2.75) is 32.0 Å². The van der Waals surface area contributed by atoms with E-state index in [4.69, 9.17) is 16.3 Å². The summed E-state index contributed by atoms with van der Waals surface area (Å²) in [6.45, 7) is 1.39. The Morgan fingerprint density at radius 2 is 1.85 bits per heavy atom. The summed E-state index contributed by atoms with van der Waals surface area (Å²) >= 11 is 5.84. The van der Waals surface area contributed by atoms with Gasteiger partial charge < -0.3 is 10.1 Å². The first-order valence-electron chi connectivity index (χ1n) is 6.85. The van der Waals surface area contributed by atoms with E-state index in [1.807, 2.05) is 36.5 Å². The number of nitrogens with one attached hydrogen (secondary N) is 1. The van der Waals surface area contributed by atoms with E-state index in [-0.39, 0.29) is 0 Å². The van der Waals surface area contributed by atoms with Crippen molar-refractivity contribution in [3.8, 4) is 5.88 Å². The molecule has 0 radical (unpaired) electrons. The number of benzene rings is 1. The van der Waals surface area contributed by atoms with Crippen LogP contribution >= 0.6 is 11.6 Å². The maximum Gasteiger partial charge on any atom is 0.213 e. The molecule has 0 saturated heterocycles. The molecule has 20 heavy (non-hydrogen) atoms. The van der Waals surface area contributed by atoms with E-state index in [0.29, 0.717) is 12.5 Å². The lowest BCUT2D eigenvalue weighted by Gasteiger charge is -2.07. The summed E-state index contributed by atoms with van der Waals surface area (Å²) in [5.74, 6) is 0.648. The van der Waals surface area contributed by atoms with Crippen LogP contribution in [-0.4, -0.2) is 11.0 Å². The Bertz CT molecular complexity index is 550. The molecular weight excluding hydrogens is 272 g/mol. The lowest BCUT2D eigenvalue weighted by Crippen LogP contribution is -2.15. The van der Waals surface area contributed by atoms with Gasteiger partial charge in [0.2, 0.25) is 5.88 Å². The van der Waals surface area contributed by atoms with Crippen molar-refractivity contribution in [3.63, 3.8) is 0 Å². The van der Waals surface area contributed by atoms with E-state index < -0.39 is 0 Å². The summed E-state index contributed by atoms with van der Waals surface area (Å²) in [6.07, 6.45) is 4.47. The van der Waals surface area contributed by atoms with Gasteiger partial charge in [-0.15, -0.1) is 0 Å². The van der Waals surface area contributed by atoms with Crippen molar-refractivity contribution >= 4 is 11.6 Å². The van der Waals surface area contributed by atoms with Crippen LogP contribution in [-0.2, 0) is 13.2 Å². The van der Waals surface area contributed by atoms with E-state index in [2.05, 4.69) is 16.4 Å². The molecule has 1 saturated carbocycles. The Hall–Kier alpha value is -1.58. The third-order valence-corrected chi connectivity index (χ3v) is 3.52. The Morgan fingerprint density at radius 3 is 2.50 bits per heavy atom. The zero-order valence-corrected chi connectivity index (χ0v) is 11.9. The summed E-state index contributed by atoms with van der Waals surface area (Å²) in [4.78, 5) is 4.32. The minimum Gasteiger partial charge on any atom is -0.473 e. The normalized spacial score (nSPS) is 14.2. The Kier molecular flexibility index (Phi) is 4.19. The second-order valence-corrected chi connectivity index (χ2v) is 5.51. The van der Waals surface area contributed by atoms with Gasteiger partial charge in [0.1, 0.15) is 6.61 Å². The number of aromatic nitrogens is 1. The van der Waals surface area contributed by atoms with Gasteiger partial charge in [-0.1, -0.05) is 29.8 Å². The van der Waals surface area contributed by atoms with Crippen LogP contribution in [0.2, 0.25) is 5.02 Å². The first-order valence-corrected chi connectivity index (χ1v) is 7.23. The molecule has 0 spiro atoms. The third kappa shape index (κ3) is 3.95. The molecule has 3 rings (SSSR count). The number of ether oxygens (including phenoxy) is 1. The highest BCUT2D eigenvalue weighted by molar-refractivity contribution is 6.30. The lowest BCUT2D eigenvalue weighted by molar-refractivity contribution is 0.293. The lowest BCUT2D eigenvalue weighted by atomic mass is 10.2. The molecule has 4 heteroatoms. The third-order valence-electron chi connectivity index (χ3n) is 3.27. The summed E-state index contributed by atoms with van der Waals surface area (Å²) in [5.41, 5.74) is 2.27. The molecule has 104 valence electrons. The second-order valence-electron chi connectivity index (χ2n) is 5.08. The molecule has 1 aliphatic rings. The highest BCUT2D eigenvalue weighted by atomic mass is 35.5. The second kappa shape index (κ2) is 6.25. The molecule has 1 fully saturated rings. The van der Waals surface area contributed by atoms with Crippen LogP contribution in [0.25, 0.3) is 0 Å². The highest BCUT2D eigenvalue weighted by Crippen LogP contribution is 2.19. The fourth-order valence-corrected chi connectivity index (χ4v) is 2.01. The van der Waals surface area contributed by atoms with Crippen molar-refractivity contribution in [3.05, 3.63) is 58.7 Å². The average molecular weight is 289 g/mol. The SMILES string of the molecule is Clc1ccc(COc2ccc(CNC3CC3)cn2)cc1. The van der Waals surface area contributed by atoms with Crippen LogP contribution in [0.5, 0.6) is 5.88 Å². The molecule has 0 atom stereocenters. The summed E-state index contributed by atoms with van der Waals surface area (Å²) in [6, 6.07) is 12.3. The number of nitrogens with zero attached hydrogens (tertiary/aromatic N) is 1. The number of rotatable bonds is 6. The van der Waals surface area contributed by atoms with Crippen LogP contribution < -0.4 is 10.1 Å². The molecule has 2 aromatic rings. The Labute approximate surface area is 123 Å². The van der Waals surface area contributed by atoms with Gasteiger partial charge in [0.25, 0.3) is 0 Å². The zero-order valence-electron chi connectivity index (χ0n) is 11.2. The van der Waals surface area contributed by atoms with Crippen LogP contribution in [0, 0.1) is 0 Å². The predicted octanol–water partition coefficient (Wildman–Crippen LogP) is 3.57. The van der Waals surface area contributed by atoms with Crippen LogP contribution in [0.15, 0.2) is 42.6 Å². The van der Waals surface area contributed by atoms with Crippen molar-refractivity contribution in [2.24, 2.45) is 0 Å². The quantitative estimate of drug-likeness (QED) is 0.882. The predicted molar refractivity (Wildman–Crippen MR) is 79.9 cm³/mol. The van der Waals surface area contributed by atoms with Gasteiger partial charge in [0.05, 0.1) is 0 Å². The standard InChI is InChI=1S/C16H17ClN2O/c17-14-4-1-12(2-5-14)11-20-16-8-3-13(10-19-16)9-18-15-6-7-15/h1-5,8,10,15,18H,6-7,9,11H2. The largest absolute Gasteiger partial charge is 0.473 e. The first kappa shape index (κ1) is 13.4. The fourth-order valence-electron chi connectivity index (χ4n) is 1.89. The minimum absolute atomic E-state index is 0.504. The van der Waals surface area contributed by atoms with E-state index in [9.17, 15) is 0 Å². The summed E-state index contributed by atoms with van der Waals surface area (Å²) in [7, 11) is 0. The smallest absolute Gasteiger partial charge is 0.213 e. The monoisotopic (exact) mass is 288 g/mol. The van der Waals surface area contributed by atoms with Gasteiger partial charge in [-0.25, -0.2) is 4.98 Å². The summed E-state index contributed by atoms with van der Waals surface area (Å²) in [5, 5.41) is 4.20. The summed E-state index contributed by atoms with van der Waals surface area (Å²) < 4.78 is 5.65. The van der Waals surface area contributed by atoms with Crippen LogP contribution in [0.4, 0.5) is 0 Å². The molecule has 0 unspecified atom stereocenters. The van der Waals surface area contributed by atoms with E-state index in [1.165, 1.54) is 18.4 Å². The van der Waals surface area contributed by atoms with Crippen LogP contribution in [0.3, 0.4) is 0 Å². The van der Waals surface area contributed by atoms with Crippen molar-refractivity contribution < 1.29 is 4.74 Å². The van der Waals surface area contributed by atoms with Crippen molar-refractivity contribution in [1.29, 1.82) is 0 Å². The molecule has 1 aromatic carbocycles. The molecule has 1 aromatic heterocycles. The van der Waals surface area contributed by atoms with E-state index in [0.717, 1.165) is 23.2 Å². The number of hydrogen-bond donors (Lipinski definition) is 1. The van der Waals surface area contributed by atoms with Gasteiger partial charge in [-0.05, 0) is 36.1 Å². The Balaban J connectivity index is 1.50. The molecule has 0 bridgehead atoms. The minimum atomic E-state index is 0.504. The van der Waals surface area contributed by atoms with Gasteiger partial charge in [0.15, 0.2) is 0 Å². The molecule has 1 aliphatic carbocycles. The zero-order chi connectivity index (χ0) is 13.8. The fraction of sp³-hybridized carbons (Fsp3) is 0.312. The highest BCUT2D eigenvalue weighted by Gasteiger charge is 2.19. The van der Waals surface area contributed by atoms with Crippen molar-refractivity contribution in [1.82, 2.24) is 10.3 Å². The van der Waals surface area contributed by atoms with Gasteiger partial charge in [-0.3, -0.25) is 0 Å². The maximum absolute atomic E-state index is 5.84. The average Bonchev–Trinajstić information content (AvgIpc) is 3.30. The van der Waals surface area contributed by atoms with Gasteiger partial charge in [0, 0.05) is 29.9 Å². The number of pyridine rings is 1. The van der Waals surface area contributed by atoms with Crippen LogP contribution in [0.1, 0.15) is 24.0 Å². The van der Waals surface area contributed by atoms with Gasteiger partial charge in [-0.2, -0.15) is 0 Å². The van der Waals surface area contributed by atoms with Gasteiger partial charge >= 0.3 is 0 Å². The molecule has 3 nitrogen and oxygen atoms in total. The first-order chi connectivity index (χ1) is 9.79. The van der Waals surface area contributed by atoms with E-state index in [1.54, 1.807) is 0 Å². The number of halogens is 1.